The predicted molar refractivity (Wildman–Crippen MR) is 30.4 cm³/mol. The molecule has 0 saturated carbocycles. The molecule has 0 aromatic carbocycles. The van der Waals surface area contributed by atoms with E-state index in [1.807, 2.05) is 0 Å². The van der Waals surface area contributed by atoms with Crippen molar-refractivity contribution >= 4 is 8.32 Å². The molecule has 0 atom stereocenters. The Labute approximate surface area is 41.1 Å². The van der Waals surface area contributed by atoms with Gasteiger partial charge >= 0.3 is 0 Å². The maximum absolute atomic E-state index is 10.2. The Morgan fingerprint density at radius 3 is 1.17 bits per heavy atom. The summed E-state index contributed by atoms with van der Waals surface area (Å²) < 4.78 is 0. The van der Waals surface area contributed by atoms with Crippen LogP contribution in [0.2, 0.25) is 19.6 Å². The Bertz CT molecular complexity index is 23.0. The van der Waals surface area contributed by atoms with E-state index in [4.69, 9.17) is 0 Å². The van der Waals surface area contributed by atoms with Gasteiger partial charge in [-0.25, -0.2) is 0 Å². The van der Waals surface area contributed by atoms with Gasteiger partial charge in [0, 0.05) is 0 Å². The van der Waals surface area contributed by atoms with E-state index >= 15 is 0 Å². The normalized spacial score (nSPS) is 10.0. The van der Waals surface area contributed by atoms with Gasteiger partial charge in [-0.2, -0.15) is 0 Å². The highest BCUT2D eigenvalue weighted by Crippen LogP contribution is 1.90. The van der Waals surface area contributed by atoms with Gasteiger partial charge < -0.3 is 0 Å². The number of hydrogen-bond donors (Lipinski definition) is 0. The second-order valence-electron chi connectivity index (χ2n) is 2.11. The Morgan fingerprint density at radius 1 is 1.17 bits per heavy atom. The van der Waals surface area contributed by atoms with E-state index in [-0.39, 0.29) is 7.43 Å². The van der Waals surface area contributed by atoms with Crippen molar-refractivity contribution < 1.29 is 4.80 Å². The molecule has 1 nitrogen and oxygen atoms in total. The average Bonchev–Trinajstić information content (AvgIpc) is 0.722. The summed E-state index contributed by atoms with van der Waals surface area (Å²) in [6.07, 6.45) is 0. The van der Waals surface area contributed by atoms with Gasteiger partial charge in [-0.15, -0.1) is 0 Å². The molecule has 0 aromatic heterocycles. The number of rotatable bonds is 0. The molecule has 2 radical (unpaired) electrons. The molecular formula is C4H12OSi. The van der Waals surface area contributed by atoms with Crippen molar-refractivity contribution in [2.24, 2.45) is 0 Å². The van der Waals surface area contributed by atoms with Crippen LogP contribution in [0.1, 0.15) is 0 Å². The molecule has 38 valence electrons. The molecule has 0 aliphatic rings. The minimum absolute atomic E-state index is 0. The maximum atomic E-state index is 10.2. The third-order valence-corrected chi connectivity index (χ3v) is 0. The van der Waals surface area contributed by atoms with Gasteiger partial charge in [-0.05, 0) is 19.6 Å². The first-order valence-corrected chi connectivity index (χ1v) is 5.11. The second-order valence-corrected chi connectivity index (χ2v) is 6.34. The van der Waals surface area contributed by atoms with Crippen molar-refractivity contribution in [1.29, 1.82) is 0 Å². The third kappa shape index (κ3) is 1350. The highest BCUT2D eigenvalue weighted by Gasteiger charge is 2.07. The van der Waals surface area contributed by atoms with E-state index in [2.05, 4.69) is 0 Å². The van der Waals surface area contributed by atoms with Gasteiger partial charge in [-0.1, -0.05) is 7.43 Å². The summed E-state index contributed by atoms with van der Waals surface area (Å²) in [7, 11) is -1.86. The monoisotopic (exact) mass is 104 g/mol. The molecule has 0 spiro atoms. The van der Waals surface area contributed by atoms with E-state index in [1.165, 1.54) is 0 Å². The molecule has 0 heterocycles. The van der Waals surface area contributed by atoms with Gasteiger partial charge in [0.2, 0.25) is 8.32 Å². The summed E-state index contributed by atoms with van der Waals surface area (Å²) in [5, 5.41) is 0. The Kier molecular flexibility index (Phi) is 3.74. The molecule has 0 aliphatic heterocycles. The minimum atomic E-state index is -1.86. The summed E-state index contributed by atoms with van der Waals surface area (Å²) in [5.41, 5.74) is 0. The molecule has 0 aliphatic carbocycles. The van der Waals surface area contributed by atoms with E-state index < -0.39 is 8.32 Å². The van der Waals surface area contributed by atoms with Crippen LogP contribution >= 0.6 is 0 Å². The molecule has 0 bridgehead atoms. The fourth-order valence-corrected chi connectivity index (χ4v) is 0. The van der Waals surface area contributed by atoms with Crippen molar-refractivity contribution in [2.75, 3.05) is 0 Å². The van der Waals surface area contributed by atoms with Crippen LogP contribution in [0.3, 0.4) is 0 Å². The summed E-state index contributed by atoms with van der Waals surface area (Å²) in [4.78, 5) is 10.2. The lowest BCUT2D eigenvalue weighted by molar-refractivity contribution is 0.436. The van der Waals surface area contributed by atoms with Crippen LogP contribution in [0, 0.1) is 7.43 Å². The largest absolute Gasteiger partial charge is 0.298 e. The van der Waals surface area contributed by atoms with E-state index in [0.717, 1.165) is 0 Å². The van der Waals surface area contributed by atoms with Crippen LogP contribution in [0.25, 0.3) is 0 Å². The van der Waals surface area contributed by atoms with Crippen LogP contribution in [-0.4, -0.2) is 8.32 Å². The predicted octanol–water partition coefficient (Wildman–Crippen LogP) is 1.70. The lowest BCUT2D eigenvalue weighted by atomic mass is 11.8. The van der Waals surface area contributed by atoms with Crippen molar-refractivity contribution in [3.05, 3.63) is 7.43 Å². The third-order valence-electron chi connectivity index (χ3n) is 0. The van der Waals surface area contributed by atoms with Gasteiger partial charge in [-0.3, -0.25) is 4.80 Å². The molecule has 0 amide bonds. The van der Waals surface area contributed by atoms with Crippen molar-refractivity contribution in [2.45, 2.75) is 19.6 Å². The number of hydrogen-bond acceptors (Lipinski definition) is 0. The van der Waals surface area contributed by atoms with E-state index in [1.54, 1.807) is 19.6 Å². The highest BCUT2D eigenvalue weighted by molar-refractivity contribution is 6.68. The first-order chi connectivity index (χ1) is 2.00. The topological polar surface area (TPSA) is 19.9 Å². The van der Waals surface area contributed by atoms with Crippen molar-refractivity contribution in [1.82, 2.24) is 0 Å². The fourth-order valence-electron chi connectivity index (χ4n) is 0. The molecule has 0 N–H and O–H groups in total. The molecule has 0 fully saturated rings. The van der Waals surface area contributed by atoms with E-state index in [9.17, 15) is 4.80 Å². The van der Waals surface area contributed by atoms with Crippen LogP contribution in [-0.2, 0) is 4.80 Å². The molecule has 0 saturated heterocycles. The van der Waals surface area contributed by atoms with Gasteiger partial charge in [0.05, 0.1) is 0 Å². The van der Waals surface area contributed by atoms with Crippen LogP contribution in [0.4, 0.5) is 0 Å². The molecule has 0 rings (SSSR count). The zero-order chi connectivity index (χ0) is 4.50. The average molecular weight is 104 g/mol. The quantitative estimate of drug-likeness (QED) is 0.417. The summed E-state index contributed by atoms with van der Waals surface area (Å²) in [6, 6.07) is 0. The highest BCUT2D eigenvalue weighted by atomic mass is 28.4. The SMILES string of the molecule is C[Si](C)(C)[O].[CH3]. The Hall–Kier alpha value is 0.177. The van der Waals surface area contributed by atoms with Gasteiger partial charge in [0.1, 0.15) is 0 Å². The zero-order valence-corrected chi connectivity index (χ0v) is 5.91. The Balaban J connectivity index is 0. The lowest BCUT2D eigenvalue weighted by Crippen LogP contribution is -2.14. The Morgan fingerprint density at radius 2 is 1.17 bits per heavy atom. The standard InChI is InChI=1S/C3H9OSi.CH3/c1-5(2,3)4;/h1-3H3;1H3. The van der Waals surface area contributed by atoms with Crippen molar-refractivity contribution in [3.8, 4) is 0 Å². The maximum Gasteiger partial charge on any atom is 0.228 e. The van der Waals surface area contributed by atoms with Gasteiger partial charge in [0.25, 0.3) is 0 Å². The second kappa shape index (κ2) is 2.37. The summed E-state index contributed by atoms with van der Waals surface area (Å²) in [6.45, 7) is 5.31. The molecule has 6 heavy (non-hydrogen) atoms. The summed E-state index contributed by atoms with van der Waals surface area (Å²) >= 11 is 0. The smallest absolute Gasteiger partial charge is 0.228 e. The molecular weight excluding hydrogens is 92.1 g/mol. The zero-order valence-electron chi connectivity index (χ0n) is 4.91. The van der Waals surface area contributed by atoms with Crippen LogP contribution < -0.4 is 0 Å². The van der Waals surface area contributed by atoms with Gasteiger partial charge in [0.15, 0.2) is 0 Å². The first-order valence-electron chi connectivity index (χ1n) is 1.70. The molecule has 2 heteroatoms. The van der Waals surface area contributed by atoms with Crippen molar-refractivity contribution in [3.63, 3.8) is 0 Å². The van der Waals surface area contributed by atoms with E-state index in [0.29, 0.717) is 0 Å². The summed E-state index contributed by atoms with van der Waals surface area (Å²) in [5.74, 6) is 0. The molecule has 0 unspecified atom stereocenters. The molecule has 0 aromatic rings. The van der Waals surface area contributed by atoms with Crippen LogP contribution in [0.5, 0.6) is 0 Å². The first kappa shape index (κ1) is 9.49. The lowest BCUT2D eigenvalue weighted by Gasteiger charge is -1.95. The van der Waals surface area contributed by atoms with Crippen LogP contribution in [0.15, 0.2) is 0 Å². The fraction of sp³-hybridized carbons (Fsp3) is 0.750. The minimum Gasteiger partial charge on any atom is -0.298 e.